The second-order valence-electron chi connectivity index (χ2n) is 5.25. The molecule has 1 aromatic carbocycles. The van der Waals surface area contributed by atoms with E-state index < -0.39 is 11.6 Å². The molecule has 5 heteroatoms. The van der Waals surface area contributed by atoms with E-state index in [2.05, 4.69) is 5.32 Å². The molecule has 1 fully saturated rings. The predicted octanol–water partition coefficient (Wildman–Crippen LogP) is 2.75. The average molecular weight is 295 g/mol. The van der Waals surface area contributed by atoms with Gasteiger partial charge in [0.2, 0.25) is 5.91 Å². The molecule has 0 aromatic heterocycles. The zero-order chi connectivity index (χ0) is 14.9. The summed E-state index contributed by atoms with van der Waals surface area (Å²) in [6.07, 6.45) is 1.11. The number of hydrogen-bond acceptors (Lipinski definition) is 2. The second-order valence-corrected chi connectivity index (χ2v) is 5.69. The van der Waals surface area contributed by atoms with E-state index in [1.54, 1.807) is 36.1 Å². The molecule has 0 bridgehead atoms. The van der Waals surface area contributed by atoms with Crippen LogP contribution in [0, 0.1) is 0 Å². The van der Waals surface area contributed by atoms with Crippen molar-refractivity contribution in [1.29, 1.82) is 0 Å². The number of amides is 2. The number of benzene rings is 1. The molecule has 2 unspecified atom stereocenters. The van der Waals surface area contributed by atoms with Crippen LogP contribution in [0.3, 0.4) is 0 Å². The molecule has 108 valence electrons. The lowest BCUT2D eigenvalue weighted by atomic mass is 9.90. The Labute approximate surface area is 124 Å². The van der Waals surface area contributed by atoms with Crippen LogP contribution in [0.4, 0.5) is 5.69 Å². The molecule has 1 heterocycles. The van der Waals surface area contributed by atoms with Crippen LogP contribution < -0.4 is 10.2 Å². The summed E-state index contributed by atoms with van der Waals surface area (Å²) in [5, 5.41) is 3.39. The molecule has 0 radical (unpaired) electrons. The van der Waals surface area contributed by atoms with Gasteiger partial charge in [0.05, 0.1) is 0 Å². The molecule has 1 saturated heterocycles. The fraction of sp³-hybridized carbons (Fsp3) is 0.467. The van der Waals surface area contributed by atoms with Crippen LogP contribution >= 0.6 is 11.6 Å². The number of hydrogen-bond donors (Lipinski definition) is 1. The standard InChI is InChI=1S/C15H19ClN2O2/c1-4-12-13(19)17-15(3,5-2)14(20)18(12)11-8-6-7-10(16)9-11/h6-9,12H,4-5H2,1-3H3,(H,17,19). The molecule has 0 spiro atoms. The molecule has 2 amide bonds. The number of anilines is 1. The fourth-order valence-corrected chi connectivity index (χ4v) is 2.65. The summed E-state index contributed by atoms with van der Waals surface area (Å²) in [5.41, 5.74) is -0.186. The van der Waals surface area contributed by atoms with Crippen LogP contribution in [0.5, 0.6) is 0 Å². The predicted molar refractivity (Wildman–Crippen MR) is 79.9 cm³/mol. The van der Waals surface area contributed by atoms with Gasteiger partial charge in [-0.1, -0.05) is 31.5 Å². The molecular weight excluding hydrogens is 276 g/mol. The third kappa shape index (κ3) is 2.40. The van der Waals surface area contributed by atoms with Crippen LogP contribution in [0.1, 0.15) is 33.6 Å². The van der Waals surface area contributed by atoms with E-state index in [-0.39, 0.29) is 11.8 Å². The summed E-state index contributed by atoms with van der Waals surface area (Å²) < 4.78 is 0. The summed E-state index contributed by atoms with van der Waals surface area (Å²) in [5.74, 6) is -0.204. The lowest BCUT2D eigenvalue weighted by Gasteiger charge is -2.43. The summed E-state index contributed by atoms with van der Waals surface area (Å²) in [7, 11) is 0. The van der Waals surface area contributed by atoms with Gasteiger partial charge < -0.3 is 5.32 Å². The maximum Gasteiger partial charge on any atom is 0.253 e. The highest BCUT2D eigenvalue weighted by Gasteiger charge is 2.46. The Balaban J connectivity index is 2.50. The van der Waals surface area contributed by atoms with Crippen molar-refractivity contribution in [3.63, 3.8) is 0 Å². The first-order valence-corrected chi connectivity index (χ1v) is 7.22. The number of halogens is 1. The van der Waals surface area contributed by atoms with Gasteiger partial charge >= 0.3 is 0 Å². The van der Waals surface area contributed by atoms with Gasteiger partial charge in [0, 0.05) is 10.7 Å². The molecule has 0 saturated carbocycles. The first-order valence-electron chi connectivity index (χ1n) is 6.84. The van der Waals surface area contributed by atoms with E-state index in [0.717, 1.165) is 0 Å². The number of rotatable bonds is 3. The van der Waals surface area contributed by atoms with Crippen molar-refractivity contribution in [2.75, 3.05) is 4.90 Å². The monoisotopic (exact) mass is 294 g/mol. The molecule has 1 aromatic rings. The maximum absolute atomic E-state index is 12.8. The summed E-state index contributed by atoms with van der Waals surface area (Å²) >= 11 is 6.01. The highest BCUT2D eigenvalue weighted by atomic mass is 35.5. The van der Waals surface area contributed by atoms with Crippen molar-refractivity contribution in [2.24, 2.45) is 0 Å². The van der Waals surface area contributed by atoms with Gasteiger partial charge in [-0.3, -0.25) is 14.5 Å². The largest absolute Gasteiger partial charge is 0.340 e. The van der Waals surface area contributed by atoms with Crippen molar-refractivity contribution >= 4 is 29.1 Å². The first kappa shape index (κ1) is 14.9. The third-order valence-electron chi connectivity index (χ3n) is 3.88. The van der Waals surface area contributed by atoms with Gasteiger partial charge in [0.25, 0.3) is 5.91 Å². The molecule has 2 rings (SSSR count). The Kier molecular flexibility index (Phi) is 4.04. The van der Waals surface area contributed by atoms with Crippen molar-refractivity contribution in [3.8, 4) is 0 Å². The van der Waals surface area contributed by atoms with E-state index in [1.807, 2.05) is 13.8 Å². The topological polar surface area (TPSA) is 49.4 Å². The maximum atomic E-state index is 12.8. The SMILES string of the molecule is CCC1C(=O)NC(C)(CC)C(=O)N1c1cccc(Cl)c1. The Morgan fingerprint density at radius 2 is 2.05 bits per heavy atom. The van der Waals surface area contributed by atoms with E-state index in [4.69, 9.17) is 11.6 Å². The van der Waals surface area contributed by atoms with E-state index in [1.165, 1.54) is 0 Å². The van der Waals surface area contributed by atoms with Gasteiger partial charge in [-0.2, -0.15) is 0 Å². The minimum absolute atomic E-state index is 0.0892. The minimum Gasteiger partial charge on any atom is -0.340 e. The minimum atomic E-state index is -0.856. The number of carbonyl (C=O) groups excluding carboxylic acids is 2. The molecule has 1 aliphatic heterocycles. The first-order chi connectivity index (χ1) is 9.42. The Bertz CT molecular complexity index is 546. The zero-order valence-corrected chi connectivity index (χ0v) is 12.7. The Morgan fingerprint density at radius 3 is 2.60 bits per heavy atom. The van der Waals surface area contributed by atoms with E-state index in [9.17, 15) is 9.59 Å². The molecule has 4 nitrogen and oxygen atoms in total. The van der Waals surface area contributed by atoms with Gasteiger partial charge in [-0.15, -0.1) is 0 Å². The summed E-state index contributed by atoms with van der Waals surface area (Å²) in [6, 6.07) is 6.57. The van der Waals surface area contributed by atoms with Crippen molar-refractivity contribution < 1.29 is 9.59 Å². The molecule has 1 aliphatic rings. The Hall–Kier alpha value is -1.55. The molecular formula is C15H19ClN2O2. The molecule has 2 atom stereocenters. The number of nitrogens with zero attached hydrogens (tertiary/aromatic N) is 1. The number of piperazine rings is 1. The van der Waals surface area contributed by atoms with Crippen LogP contribution in [0.15, 0.2) is 24.3 Å². The summed E-state index contributed by atoms with van der Waals surface area (Å²) in [4.78, 5) is 26.6. The zero-order valence-electron chi connectivity index (χ0n) is 11.9. The van der Waals surface area contributed by atoms with Gasteiger partial charge in [-0.05, 0) is 38.0 Å². The average Bonchev–Trinajstić information content (AvgIpc) is 2.42. The Morgan fingerprint density at radius 1 is 1.35 bits per heavy atom. The molecule has 0 aliphatic carbocycles. The summed E-state index contributed by atoms with van der Waals surface area (Å²) in [6.45, 7) is 5.54. The normalized spacial score (nSPS) is 26.6. The highest BCUT2D eigenvalue weighted by Crippen LogP contribution is 2.29. The van der Waals surface area contributed by atoms with Crippen molar-refractivity contribution in [1.82, 2.24) is 5.32 Å². The molecule has 1 N–H and O–H groups in total. The van der Waals surface area contributed by atoms with Gasteiger partial charge in [0.15, 0.2) is 0 Å². The lowest BCUT2D eigenvalue weighted by molar-refractivity contribution is -0.138. The lowest BCUT2D eigenvalue weighted by Crippen LogP contribution is -2.69. The highest BCUT2D eigenvalue weighted by molar-refractivity contribution is 6.31. The van der Waals surface area contributed by atoms with Crippen LogP contribution in [-0.4, -0.2) is 23.4 Å². The number of nitrogens with one attached hydrogen (secondary N) is 1. The molecule has 20 heavy (non-hydrogen) atoms. The smallest absolute Gasteiger partial charge is 0.253 e. The van der Waals surface area contributed by atoms with Crippen LogP contribution in [0.2, 0.25) is 5.02 Å². The van der Waals surface area contributed by atoms with Crippen molar-refractivity contribution in [3.05, 3.63) is 29.3 Å². The quantitative estimate of drug-likeness (QED) is 0.932. The van der Waals surface area contributed by atoms with Gasteiger partial charge in [0.1, 0.15) is 11.6 Å². The van der Waals surface area contributed by atoms with Crippen molar-refractivity contribution in [2.45, 2.75) is 45.2 Å². The van der Waals surface area contributed by atoms with Gasteiger partial charge in [-0.25, -0.2) is 0 Å². The number of carbonyl (C=O) groups is 2. The third-order valence-corrected chi connectivity index (χ3v) is 4.12. The second kappa shape index (κ2) is 5.44. The van der Waals surface area contributed by atoms with E-state index >= 15 is 0 Å². The fourth-order valence-electron chi connectivity index (χ4n) is 2.46. The van der Waals surface area contributed by atoms with Crippen LogP contribution in [-0.2, 0) is 9.59 Å². The van der Waals surface area contributed by atoms with E-state index in [0.29, 0.717) is 23.6 Å². The van der Waals surface area contributed by atoms with Crippen LogP contribution in [0.25, 0.3) is 0 Å².